The lowest BCUT2D eigenvalue weighted by Gasteiger charge is -2.31. The number of hydrogen-bond acceptors (Lipinski definition) is 4. The SMILES string of the molecule is CCCC(/C1=C/CCC2N=CN=C2/C(C)=C\1)=C(\c1cc(C2CCN(CC#N)CC2)ccc1C)C(C)C. The normalized spacial score (nSPS) is 24.6. The van der Waals surface area contributed by atoms with Gasteiger partial charge in [-0.05, 0) is 110 Å². The van der Waals surface area contributed by atoms with Crippen molar-refractivity contribution in [1.29, 1.82) is 5.26 Å². The number of nitrogens with zero attached hydrogens (tertiary/aromatic N) is 4. The molecule has 0 aromatic heterocycles. The predicted molar refractivity (Wildman–Crippen MR) is 153 cm³/mol. The molecule has 1 saturated heterocycles. The van der Waals surface area contributed by atoms with Gasteiger partial charge in [-0.3, -0.25) is 9.89 Å². The first-order valence-corrected chi connectivity index (χ1v) is 13.8. The first kappa shape index (κ1) is 26.3. The van der Waals surface area contributed by atoms with Gasteiger partial charge in [0.05, 0.1) is 24.4 Å². The lowest BCUT2D eigenvalue weighted by Crippen LogP contribution is -2.33. The molecule has 190 valence electrons. The number of rotatable bonds is 7. The first-order valence-electron chi connectivity index (χ1n) is 13.8. The summed E-state index contributed by atoms with van der Waals surface area (Å²) in [5, 5.41) is 9.06. The fourth-order valence-electron chi connectivity index (χ4n) is 6.10. The first-order chi connectivity index (χ1) is 17.4. The van der Waals surface area contributed by atoms with Crippen molar-refractivity contribution in [2.24, 2.45) is 15.9 Å². The number of nitriles is 1. The number of hydrogen-bond donors (Lipinski definition) is 0. The molecule has 1 aromatic carbocycles. The van der Waals surface area contributed by atoms with Gasteiger partial charge in [0, 0.05) is 0 Å². The molecule has 2 aliphatic heterocycles. The molecule has 0 N–H and O–H groups in total. The molecule has 0 saturated carbocycles. The highest BCUT2D eigenvalue weighted by atomic mass is 15.1. The summed E-state index contributed by atoms with van der Waals surface area (Å²) < 4.78 is 0. The van der Waals surface area contributed by atoms with Crippen LogP contribution < -0.4 is 0 Å². The van der Waals surface area contributed by atoms with E-state index in [1.165, 1.54) is 39.0 Å². The number of fused-ring (bicyclic) bond motifs is 1. The highest BCUT2D eigenvalue weighted by molar-refractivity contribution is 6.10. The molecule has 0 spiro atoms. The summed E-state index contributed by atoms with van der Waals surface area (Å²) in [5.41, 5.74) is 11.0. The number of aliphatic imine (C=N–C) groups is 2. The average Bonchev–Trinajstić information content (AvgIpc) is 3.32. The van der Waals surface area contributed by atoms with Crippen molar-refractivity contribution in [1.82, 2.24) is 4.90 Å². The fraction of sp³-hybridized carbons (Fsp3) is 0.531. The molecule has 1 atom stereocenters. The van der Waals surface area contributed by atoms with E-state index in [9.17, 15) is 0 Å². The van der Waals surface area contributed by atoms with Crippen LogP contribution in [-0.2, 0) is 0 Å². The van der Waals surface area contributed by atoms with E-state index in [1.807, 2.05) is 0 Å². The molecule has 0 bridgehead atoms. The zero-order valence-electron chi connectivity index (χ0n) is 22.8. The molecule has 36 heavy (non-hydrogen) atoms. The molecule has 0 amide bonds. The van der Waals surface area contributed by atoms with E-state index in [4.69, 9.17) is 5.26 Å². The van der Waals surface area contributed by atoms with Crippen molar-refractivity contribution in [3.63, 3.8) is 0 Å². The zero-order chi connectivity index (χ0) is 25.7. The van der Waals surface area contributed by atoms with E-state index >= 15 is 0 Å². The minimum absolute atomic E-state index is 0.223. The van der Waals surface area contributed by atoms with Crippen LogP contribution in [0.1, 0.15) is 88.8 Å². The van der Waals surface area contributed by atoms with E-state index in [1.54, 1.807) is 6.34 Å². The van der Waals surface area contributed by atoms with Gasteiger partial charge in [0.2, 0.25) is 0 Å². The third-order valence-corrected chi connectivity index (χ3v) is 8.00. The van der Waals surface area contributed by atoms with E-state index < -0.39 is 0 Å². The summed E-state index contributed by atoms with van der Waals surface area (Å²) in [6, 6.07) is 9.71. The Bertz CT molecular complexity index is 1150. The highest BCUT2D eigenvalue weighted by Crippen LogP contribution is 2.39. The Morgan fingerprint density at radius 3 is 2.64 bits per heavy atom. The molecule has 0 radical (unpaired) electrons. The number of likely N-dealkylation sites (tertiary alicyclic amines) is 1. The van der Waals surface area contributed by atoms with Crippen molar-refractivity contribution in [3.8, 4) is 6.07 Å². The largest absolute Gasteiger partial charge is 0.291 e. The molecule has 1 aliphatic carbocycles. The second kappa shape index (κ2) is 12.0. The average molecular weight is 483 g/mol. The van der Waals surface area contributed by atoms with Crippen LogP contribution >= 0.6 is 0 Å². The van der Waals surface area contributed by atoms with Crippen LogP contribution in [0.3, 0.4) is 0 Å². The Balaban J connectivity index is 1.74. The van der Waals surface area contributed by atoms with Crippen molar-refractivity contribution in [3.05, 3.63) is 63.8 Å². The van der Waals surface area contributed by atoms with Gasteiger partial charge in [-0.15, -0.1) is 0 Å². The molecule has 1 unspecified atom stereocenters. The molecule has 3 aliphatic rings. The Morgan fingerprint density at radius 1 is 1.17 bits per heavy atom. The third-order valence-electron chi connectivity index (χ3n) is 8.00. The molecule has 4 heteroatoms. The summed E-state index contributed by atoms with van der Waals surface area (Å²) >= 11 is 0. The minimum Gasteiger partial charge on any atom is -0.291 e. The molecule has 1 fully saturated rings. The summed E-state index contributed by atoms with van der Waals surface area (Å²) in [6.45, 7) is 14.0. The number of allylic oxidation sites excluding steroid dienone is 5. The van der Waals surface area contributed by atoms with Crippen molar-refractivity contribution >= 4 is 17.6 Å². The van der Waals surface area contributed by atoms with Crippen molar-refractivity contribution in [2.45, 2.75) is 85.1 Å². The second-order valence-corrected chi connectivity index (χ2v) is 10.9. The molecule has 1 aromatic rings. The van der Waals surface area contributed by atoms with E-state index in [2.05, 4.69) is 85.9 Å². The van der Waals surface area contributed by atoms with E-state index in [0.717, 1.165) is 57.3 Å². The standard InChI is InChI=1S/C32H42N4/c1-6-8-28(27-9-7-10-30-32(24(5)19-27)35-21-34-30)31(22(2)3)29-20-26(12-11-23(29)4)25-13-16-36(17-14-25)18-15-33/h9,11-12,19-22,25,30H,6-8,10,13-14,16-18H2,1-5H3/b24-19-,27-9+,31-28+. The smallest absolute Gasteiger partial charge is 0.111 e. The zero-order valence-corrected chi connectivity index (χ0v) is 22.8. The van der Waals surface area contributed by atoms with Crippen molar-refractivity contribution < 1.29 is 0 Å². The number of benzene rings is 1. The van der Waals surface area contributed by atoms with Gasteiger partial charge >= 0.3 is 0 Å². The van der Waals surface area contributed by atoms with Gasteiger partial charge in [-0.1, -0.05) is 57.5 Å². The maximum Gasteiger partial charge on any atom is 0.111 e. The van der Waals surface area contributed by atoms with E-state index in [0.29, 0.717) is 18.4 Å². The van der Waals surface area contributed by atoms with Gasteiger partial charge in [0.1, 0.15) is 6.34 Å². The third kappa shape index (κ3) is 5.79. The minimum atomic E-state index is 0.223. The summed E-state index contributed by atoms with van der Waals surface area (Å²) in [6.07, 6.45) is 13.1. The molecular weight excluding hydrogens is 440 g/mol. The van der Waals surface area contributed by atoms with Gasteiger partial charge in [0.15, 0.2) is 0 Å². The second-order valence-electron chi connectivity index (χ2n) is 10.9. The Morgan fingerprint density at radius 2 is 1.94 bits per heavy atom. The van der Waals surface area contributed by atoms with Gasteiger partial charge in [0.25, 0.3) is 0 Å². The number of aryl methyl sites for hydroxylation is 1. The lowest BCUT2D eigenvalue weighted by molar-refractivity contribution is 0.235. The van der Waals surface area contributed by atoms with Crippen LogP contribution in [0.5, 0.6) is 0 Å². The Kier molecular flexibility index (Phi) is 8.75. The Labute approximate surface area is 218 Å². The van der Waals surface area contributed by atoms with Crippen LogP contribution in [-0.4, -0.2) is 42.6 Å². The molecule has 4 rings (SSSR count). The summed E-state index contributed by atoms with van der Waals surface area (Å²) in [7, 11) is 0. The maximum atomic E-state index is 9.06. The fourth-order valence-corrected chi connectivity index (χ4v) is 6.10. The van der Waals surface area contributed by atoms with Crippen LogP contribution in [0.2, 0.25) is 0 Å². The molecular formula is C32H42N4. The lowest BCUT2D eigenvalue weighted by atomic mass is 9.80. The van der Waals surface area contributed by atoms with Gasteiger partial charge in [-0.25, -0.2) is 4.99 Å². The predicted octanol–water partition coefficient (Wildman–Crippen LogP) is 7.43. The quantitative estimate of drug-likeness (QED) is 0.380. The highest BCUT2D eigenvalue weighted by Gasteiger charge is 2.25. The summed E-state index contributed by atoms with van der Waals surface area (Å²) in [4.78, 5) is 11.5. The number of piperidine rings is 1. The van der Waals surface area contributed by atoms with Crippen LogP contribution in [0.25, 0.3) is 5.57 Å². The maximum absolute atomic E-state index is 9.06. The van der Waals surface area contributed by atoms with E-state index in [-0.39, 0.29) is 6.04 Å². The molecule has 2 heterocycles. The van der Waals surface area contributed by atoms with Gasteiger partial charge < -0.3 is 0 Å². The van der Waals surface area contributed by atoms with Crippen LogP contribution in [0, 0.1) is 24.2 Å². The Hall–Kier alpha value is -2.77. The topological polar surface area (TPSA) is 51.8 Å². The van der Waals surface area contributed by atoms with Crippen molar-refractivity contribution in [2.75, 3.05) is 19.6 Å². The monoisotopic (exact) mass is 482 g/mol. The van der Waals surface area contributed by atoms with Gasteiger partial charge in [-0.2, -0.15) is 5.26 Å². The van der Waals surface area contributed by atoms with Crippen LogP contribution in [0.15, 0.2) is 57.1 Å². The molecule has 4 nitrogen and oxygen atoms in total. The summed E-state index contributed by atoms with van der Waals surface area (Å²) in [5.74, 6) is 1.00. The van der Waals surface area contributed by atoms with Crippen LogP contribution in [0.4, 0.5) is 0 Å².